The minimum Gasteiger partial charge on any atom is -0.481 e. The summed E-state index contributed by atoms with van der Waals surface area (Å²) in [5.41, 5.74) is 0. The van der Waals surface area contributed by atoms with Gasteiger partial charge in [0.05, 0.1) is 5.92 Å². The van der Waals surface area contributed by atoms with Crippen molar-refractivity contribution in [2.75, 3.05) is 0 Å². The smallest absolute Gasteiger partial charge is 0.310 e. The highest BCUT2D eigenvalue weighted by Crippen LogP contribution is 2.41. The number of carbonyl (C=O) groups excluding carboxylic acids is 1. The molecule has 0 spiro atoms. The highest BCUT2D eigenvalue weighted by atomic mass is 16.5. The molecule has 1 aliphatic rings. The van der Waals surface area contributed by atoms with Gasteiger partial charge in [-0.25, -0.2) is 0 Å². The summed E-state index contributed by atoms with van der Waals surface area (Å²) in [6.07, 6.45) is 0.350. The Hall–Kier alpha value is -1.06. The lowest BCUT2D eigenvalue weighted by Crippen LogP contribution is -2.33. The molecule has 0 aliphatic heterocycles. The third-order valence-corrected chi connectivity index (χ3v) is 3.39. The predicted molar refractivity (Wildman–Crippen MR) is 54.2 cm³/mol. The molecule has 1 saturated carbocycles. The number of rotatable bonds is 4. The maximum absolute atomic E-state index is 11.1. The van der Waals surface area contributed by atoms with E-state index in [-0.39, 0.29) is 11.8 Å². The third-order valence-electron chi connectivity index (χ3n) is 3.39. The van der Waals surface area contributed by atoms with Gasteiger partial charge in [-0.15, -0.1) is 0 Å². The maximum Gasteiger partial charge on any atom is 0.310 e. The van der Waals surface area contributed by atoms with Gasteiger partial charge in [-0.1, -0.05) is 20.8 Å². The van der Waals surface area contributed by atoms with E-state index in [9.17, 15) is 9.59 Å². The van der Waals surface area contributed by atoms with Crippen LogP contribution in [0.1, 0.15) is 27.2 Å². The summed E-state index contributed by atoms with van der Waals surface area (Å²) in [6.45, 7) is 6.34. The molecule has 0 heterocycles. The van der Waals surface area contributed by atoms with Crippen LogP contribution >= 0.6 is 0 Å². The molecule has 1 rings (SSSR count). The zero-order chi connectivity index (χ0) is 11.6. The second-order valence-electron chi connectivity index (χ2n) is 4.68. The molecule has 4 atom stereocenters. The van der Waals surface area contributed by atoms with E-state index in [0.29, 0.717) is 12.4 Å². The molecule has 0 aromatic rings. The number of carboxylic acid groups (broad SMARTS) is 1. The summed E-state index contributed by atoms with van der Waals surface area (Å²) in [4.78, 5) is 21.5. The van der Waals surface area contributed by atoms with Gasteiger partial charge in [0, 0.05) is 0 Å². The normalized spacial score (nSPS) is 35.5. The topological polar surface area (TPSA) is 63.6 Å². The van der Waals surface area contributed by atoms with Crippen molar-refractivity contribution in [2.45, 2.75) is 33.3 Å². The molecule has 86 valence electrons. The van der Waals surface area contributed by atoms with Crippen LogP contribution in [0.25, 0.3) is 0 Å². The van der Waals surface area contributed by atoms with E-state index < -0.39 is 18.0 Å². The summed E-state index contributed by atoms with van der Waals surface area (Å²) >= 11 is 0. The molecule has 1 aliphatic carbocycles. The van der Waals surface area contributed by atoms with Crippen LogP contribution in [0.2, 0.25) is 0 Å². The van der Waals surface area contributed by atoms with E-state index in [1.165, 1.54) is 0 Å². The number of hydrogen-bond acceptors (Lipinski definition) is 3. The Balaban J connectivity index is 2.86. The SMILES string of the molecule is CC(C)C1CC(C)C(C(=O)O)C1OC=O. The van der Waals surface area contributed by atoms with Gasteiger partial charge in [0.15, 0.2) is 0 Å². The lowest BCUT2D eigenvalue weighted by molar-refractivity contribution is -0.152. The Kier molecular flexibility index (Phi) is 3.72. The van der Waals surface area contributed by atoms with Crippen LogP contribution in [0.3, 0.4) is 0 Å². The zero-order valence-electron chi connectivity index (χ0n) is 9.34. The van der Waals surface area contributed by atoms with Gasteiger partial charge in [-0.2, -0.15) is 0 Å². The van der Waals surface area contributed by atoms with Gasteiger partial charge in [-0.05, 0) is 24.2 Å². The fourth-order valence-electron chi connectivity index (χ4n) is 2.59. The first-order valence-electron chi connectivity index (χ1n) is 5.31. The minimum absolute atomic E-state index is 0.0693. The van der Waals surface area contributed by atoms with Crippen LogP contribution in [0.4, 0.5) is 0 Å². The Bertz CT molecular complexity index is 249. The first-order valence-corrected chi connectivity index (χ1v) is 5.31. The summed E-state index contributed by atoms with van der Waals surface area (Å²) in [7, 11) is 0. The van der Waals surface area contributed by atoms with Crippen molar-refractivity contribution in [2.24, 2.45) is 23.7 Å². The minimum atomic E-state index is -0.863. The molecule has 0 amide bonds. The summed E-state index contributed by atoms with van der Waals surface area (Å²) in [5.74, 6) is -0.854. The number of carboxylic acids is 1. The summed E-state index contributed by atoms with van der Waals surface area (Å²) in [6, 6.07) is 0. The van der Waals surface area contributed by atoms with Crippen LogP contribution in [0, 0.1) is 23.7 Å². The lowest BCUT2D eigenvalue weighted by atomic mass is 9.90. The first kappa shape index (κ1) is 12.0. The number of carbonyl (C=O) groups is 2. The number of ether oxygens (including phenoxy) is 1. The summed E-state index contributed by atoms with van der Waals surface area (Å²) < 4.78 is 4.96. The van der Waals surface area contributed by atoms with Crippen molar-refractivity contribution in [1.29, 1.82) is 0 Å². The predicted octanol–water partition coefficient (Wildman–Crippen LogP) is 1.54. The Morgan fingerprint density at radius 3 is 2.53 bits per heavy atom. The van der Waals surface area contributed by atoms with E-state index in [0.717, 1.165) is 6.42 Å². The van der Waals surface area contributed by atoms with Crippen molar-refractivity contribution >= 4 is 12.4 Å². The third kappa shape index (κ3) is 2.30. The van der Waals surface area contributed by atoms with E-state index in [4.69, 9.17) is 9.84 Å². The van der Waals surface area contributed by atoms with E-state index in [1.807, 2.05) is 20.8 Å². The van der Waals surface area contributed by atoms with Crippen molar-refractivity contribution in [3.8, 4) is 0 Å². The summed E-state index contributed by atoms with van der Waals surface area (Å²) in [5, 5.41) is 9.08. The van der Waals surface area contributed by atoms with Crippen LogP contribution in [-0.4, -0.2) is 23.7 Å². The molecule has 0 aromatic heterocycles. The highest BCUT2D eigenvalue weighted by molar-refractivity contribution is 5.72. The number of hydrogen-bond donors (Lipinski definition) is 1. The monoisotopic (exact) mass is 214 g/mol. The standard InChI is InChI=1S/C11H18O4/c1-6(2)8-4-7(3)9(11(13)14)10(8)15-5-12/h5-10H,4H2,1-3H3,(H,13,14). The van der Waals surface area contributed by atoms with E-state index >= 15 is 0 Å². The average molecular weight is 214 g/mol. The number of aliphatic carboxylic acids is 1. The highest BCUT2D eigenvalue weighted by Gasteiger charge is 2.47. The molecular formula is C11H18O4. The fraction of sp³-hybridized carbons (Fsp3) is 0.818. The van der Waals surface area contributed by atoms with Crippen LogP contribution < -0.4 is 0 Å². The fourth-order valence-corrected chi connectivity index (χ4v) is 2.59. The molecule has 4 nitrogen and oxygen atoms in total. The van der Waals surface area contributed by atoms with Crippen molar-refractivity contribution in [3.05, 3.63) is 0 Å². The average Bonchev–Trinajstić information content (AvgIpc) is 2.43. The van der Waals surface area contributed by atoms with Gasteiger partial charge in [0.25, 0.3) is 6.47 Å². The lowest BCUT2D eigenvalue weighted by Gasteiger charge is -2.23. The van der Waals surface area contributed by atoms with Crippen molar-refractivity contribution in [1.82, 2.24) is 0 Å². The van der Waals surface area contributed by atoms with E-state index in [2.05, 4.69) is 0 Å². The molecule has 4 unspecified atom stereocenters. The molecule has 4 heteroatoms. The van der Waals surface area contributed by atoms with Gasteiger partial charge >= 0.3 is 5.97 Å². The first-order chi connectivity index (χ1) is 6.99. The molecule has 0 bridgehead atoms. The second-order valence-corrected chi connectivity index (χ2v) is 4.68. The quantitative estimate of drug-likeness (QED) is 0.721. The van der Waals surface area contributed by atoms with Crippen LogP contribution in [0.5, 0.6) is 0 Å². The van der Waals surface area contributed by atoms with Gasteiger partial charge < -0.3 is 9.84 Å². The second kappa shape index (κ2) is 4.64. The molecule has 0 aromatic carbocycles. The van der Waals surface area contributed by atoms with Gasteiger partial charge in [0.2, 0.25) is 0 Å². The maximum atomic E-state index is 11.1. The van der Waals surface area contributed by atoms with Gasteiger partial charge in [0.1, 0.15) is 6.10 Å². The van der Waals surface area contributed by atoms with Crippen molar-refractivity contribution in [3.63, 3.8) is 0 Å². The molecule has 0 saturated heterocycles. The molecular weight excluding hydrogens is 196 g/mol. The Morgan fingerprint density at radius 1 is 1.53 bits per heavy atom. The Morgan fingerprint density at radius 2 is 2.13 bits per heavy atom. The van der Waals surface area contributed by atoms with Crippen LogP contribution in [0.15, 0.2) is 0 Å². The van der Waals surface area contributed by atoms with E-state index in [1.54, 1.807) is 0 Å². The largest absolute Gasteiger partial charge is 0.481 e. The molecule has 1 N–H and O–H groups in total. The molecule has 1 fully saturated rings. The Labute approximate surface area is 89.6 Å². The molecule has 15 heavy (non-hydrogen) atoms. The van der Waals surface area contributed by atoms with Crippen molar-refractivity contribution < 1.29 is 19.4 Å². The molecule has 0 radical (unpaired) electrons. The zero-order valence-corrected chi connectivity index (χ0v) is 9.34. The van der Waals surface area contributed by atoms with Crippen LogP contribution in [-0.2, 0) is 14.3 Å². The van der Waals surface area contributed by atoms with Gasteiger partial charge in [-0.3, -0.25) is 9.59 Å².